The molecule has 10 heavy (non-hydrogen) atoms. The first-order valence-corrected chi connectivity index (χ1v) is 4.49. The Morgan fingerprint density at radius 3 is 2.50 bits per heavy atom. The molecule has 1 atom stereocenters. The van der Waals surface area contributed by atoms with Crippen LogP contribution in [0.1, 0.15) is 26.7 Å². The molecule has 2 aliphatic rings. The maximum Gasteiger partial charge on any atom is 0.00531 e. The third kappa shape index (κ3) is 0.800. The van der Waals surface area contributed by atoms with E-state index in [2.05, 4.69) is 18.7 Å². The second-order valence-corrected chi connectivity index (χ2v) is 4.18. The van der Waals surface area contributed by atoms with Crippen molar-refractivity contribution >= 4 is 0 Å². The Labute approximate surface area is 63.4 Å². The Kier molecular flexibility index (Phi) is 1.31. The molecule has 0 bridgehead atoms. The van der Waals surface area contributed by atoms with Gasteiger partial charge in [-0.25, -0.2) is 0 Å². The number of rotatable bonds is 2. The van der Waals surface area contributed by atoms with E-state index in [9.17, 15) is 0 Å². The van der Waals surface area contributed by atoms with Gasteiger partial charge in [0, 0.05) is 13.1 Å². The second kappa shape index (κ2) is 1.97. The fourth-order valence-corrected chi connectivity index (χ4v) is 2.31. The van der Waals surface area contributed by atoms with Crippen molar-refractivity contribution in [1.82, 2.24) is 4.90 Å². The van der Waals surface area contributed by atoms with Crippen molar-refractivity contribution in [2.45, 2.75) is 26.7 Å². The molecule has 1 heterocycles. The van der Waals surface area contributed by atoms with Gasteiger partial charge in [0.05, 0.1) is 0 Å². The average molecular weight is 139 g/mol. The highest BCUT2D eigenvalue weighted by Crippen LogP contribution is 2.58. The Morgan fingerprint density at radius 1 is 1.50 bits per heavy atom. The molecular formula is C9H17N. The van der Waals surface area contributed by atoms with Crippen LogP contribution in [0.3, 0.4) is 0 Å². The summed E-state index contributed by atoms with van der Waals surface area (Å²) in [5, 5.41) is 0. The second-order valence-electron chi connectivity index (χ2n) is 4.18. The van der Waals surface area contributed by atoms with E-state index in [-0.39, 0.29) is 0 Å². The lowest BCUT2D eigenvalue weighted by Crippen LogP contribution is -2.49. The molecule has 2 fully saturated rings. The van der Waals surface area contributed by atoms with E-state index in [0.717, 1.165) is 11.3 Å². The molecule has 1 heteroatoms. The van der Waals surface area contributed by atoms with Crippen LogP contribution < -0.4 is 0 Å². The Morgan fingerprint density at radius 2 is 2.10 bits per heavy atom. The van der Waals surface area contributed by atoms with Gasteiger partial charge in [0.25, 0.3) is 0 Å². The number of likely N-dealkylation sites (tertiary alicyclic amines) is 1. The lowest BCUT2D eigenvalue weighted by molar-refractivity contribution is 0.0714. The van der Waals surface area contributed by atoms with E-state index in [1.807, 2.05) is 0 Å². The Bertz CT molecular complexity index is 136. The van der Waals surface area contributed by atoms with Gasteiger partial charge >= 0.3 is 0 Å². The van der Waals surface area contributed by atoms with Crippen LogP contribution in [-0.4, -0.2) is 24.5 Å². The largest absolute Gasteiger partial charge is 0.302 e. The van der Waals surface area contributed by atoms with Crippen LogP contribution in [0, 0.1) is 11.3 Å². The van der Waals surface area contributed by atoms with Gasteiger partial charge in [-0.15, -0.1) is 0 Å². The zero-order valence-corrected chi connectivity index (χ0v) is 7.06. The highest BCUT2D eigenvalue weighted by molar-refractivity contribution is 5.09. The van der Waals surface area contributed by atoms with Crippen molar-refractivity contribution in [2.24, 2.45) is 11.3 Å². The van der Waals surface area contributed by atoms with Crippen LogP contribution in [0.4, 0.5) is 0 Å². The van der Waals surface area contributed by atoms with E-state index in [1.165, 1.54) is 32.5 Å². The molecule has 58 valence electrons. The third-order valence-corrected chi connectivity index (χ3v) is 3.21. The van der Waals surface area contributed by atoms with Crippen LogP contribution >= 0.6 is 0 Å². The molecule has 2 rings (SSSR count). The van der Waals surface area contributed by atoms with Crippen LogP contribution in [0.2, 0.25) is 0 Å². The maximum atomic E-state index is 2.59. The monoisotopic (exact) mass is 139 g/mol. The van der Waals surface area contributed by atoms with Gasteiger partial charge in [0.15, 0.2) is 0 Å². The SMILES string of the molecule is CCCN1CC2(C[C@H]2C)C1. The molecule has 0 aromatic rings. The normalized spacial score (nSPS) is 36.0. The van der Waals surface area contributed by atoms with E-state index in [0.29, 0.717) is 0 Å². The summed E-state index contributed by atoms with van der Waals surface area (Å²) in [6.07, 6.45) is 2.83. The fourth-order valence-electron chi connectivity index (χ4n) is 2.31. The van der Waals surface area contributed by atoms with Crippen LogP contribution in [0.25, 0.3) is 0 Å². The minimum absolute atomic E-state index is 0.829. The van der Waals surface area contributed by atoms with E-state index >= 15 is 0 Å². The minimum atomic E-state index is 0.829. The first-order valence-electron chi connectivity index (χ1n) is 4.49. The molecule has 1 aliphatic heterocycles. The van der Waals surface area contributed by atoms with Crippen molar-refractivity contribution in [1.29, 1.82) is 0 Å². The fraction of sp³-hybridized carbons (Fsp3) is 1.00. The summed E-state index contributed by atoms with van der Waals surface area (Å²) in [7, 11) is 0. The number of hydrogen-bond acceptors (Lipinski definition) is 1. The van der Waals surface area contributed by atoms with E-state index < -0.39 is 0 Å². The smallest absolute Gasteiger partial charge is 0.00531 e. The summed E-state index contributed by atoms with van der Waals surface area (Å²) in [4.78, 5) is 2.59. The minimum Gasteiger partial charge on any atom is -0.302 e. The van der Waals surface area contributed by atoms with E-state index in [4.69, 9.17) is 0 Å². The van der Waals surface area contributed by atoms with Gasteiger partial charge < -0.3 is 4.90 Å². The molecule has 0 aromatic carbocycles. The van der Waals surface area contributed by atoms with Gasteiger partial charge in [-0.1, -0.05) is 13.8 Å². The van der Waals surface area contributed by atoms with Gasteiger partial charge in [0.1, 0.15) is 0 Å². The highest BCUT2D eigenvalue weighted by atomic mass is 15.2. The summed E-state index contributed by atoms with van der Waals surface area (Å²) in [5.74, 6) is 1.04. The summed E-state index contributed by atoms with van der Waals surface area (Å²) >= 11 is 0. The van der Waals surface area contributed by atoms with Gasteiger partial charge in [-0.05, 0) is 30.7 Å². The van der Waals surface area contributed by atoms with Crippen molar-refractivity contribution in [3.05, 3.63) is 0 Å². The molecule has 0 aromatic heterocycles. The molecule has 0 radical (unpaired) electrons. The molecule has 1 nitrogen and oxygen atoms in total. The van der Waals surface area contributed by atoms with E-state index in [1.54, 1.807) is 0 Å². The summed E-state index contributed by atoms with van der Waals surface area (Å²) in [6, 6.07) is 0. The maximum absolute atomic E-state index is 2.59. The molecule has 0 unspecified atom stereocenters. The first-order chi connectivity index (χ1) is 4.77. The molecule has 0 N–H and O–H groups in total. The van der Waals surface area contributed by atoms with Crippen LogP contribution in [0.5, 0.6) is 0 Å². The zero-order chi connectivity index (χ0) is 7.19. The standard InChI is InChI=1S/C9H17N/c1-3-4-10-6-9(7-10)5-8(9)2/h8H,3-7H2,1-2H3/t8-/m1/s1. The van der Waals surface area contributed by atoms with Gasteiger partial charge in [0.2, 0.25) is 0 Å². The molecule has 1 aliphatic carbocycles. The predicted octanol–water partition coefficient (Wildman–Crippen LogP) is 1.74. The first kappa shape index (κ1) is 6.66. The Balaban J connectivity index is 1.74. The van der Waals surface area contributed by atoms with Crippen molar-refractivity contribution in [3.63, 3.8) is 0 Å². The number of hydrogen-bond donors (Lipinski definition) is 0. The zero-order valence-electron chi connectivity index (χ0n) is 7.06. The van der Waals surface area contributed by atoms with Gasteiger partial charge in [-0.2, -0.15) is 0 Å². The summed E-state index contributed by atoms with van der Waals surface area (Å²) in [5.41, 5.74) is 0.829. The van der Waals surface area contributed by atoms with Crippen molar-refractivity contribution < 1.29 is 0 Å². The predicted molar refractivity (Wildman–Crippen MR) is 42.9 cm³/mol. The summed E-state index contributed by atoms with van der Waals surface area (Å²) < 4.78 is 0. The molecule has 1 saturated carbocycles. The van der Waals surface area contributed by atoms with Crippen LogP contribution in [-0.2, 0) is 0 Å². The molecule has 1 spiro atoms. The molecule has 1 saturated heterocycles. The highest BCUT2D eigenvalue weighted by Gasteiger charge is 2.58. The topological polar surface area (TPSA) is 3.24 Å². The third-order valence-electron chi connectivity index (χ3n) is 3.21. The quantitative estimate of drug-likeness (QED) is 0.563. The lowest BCUT2D eigenvalue weighted by Gasteiger charge is -2.40. The molecule has 0 amide bonds. The Hall–Kier alpha value is -0.0400. The molecular weight excluding hydrogens is 122 g/mol. The van der Waals surface area contributed by atoms with Crippen molar-refractivity contribution in [2.75, 3.05) is 19.6 Å². The average Bonchev–Trinajstić information content (AvgIpc) is 2.41. The lowest BCUT2D eigenvalue weighted by atomic mass is 9.94. The van der Waals surface area contributed by atoms with Crippen LogP contribution in [0.15, 0.2) is 0 Å². The summed E-state index contributed by atoms with van der Waals surface area (Å²) in [6.45, 7) is 8.79. The van der Waals surface area contributed by atoms with Gasteiger partial charge in [-0.3, -0.25) is 0 Å². The number of nitrogens with zero attached hydrogens (tertiary/aromatic N) is 1. The van der Waals surface area contributed by atoms with Crippen molar-refractivity contribution in [3.8, 4) is 0 Å².